The SMILES string of the molecule is CN(Cc1ccc(Br)cc1)c1ncc(CBr)cn1. The molecular weight excluding hydrogens is 358 g/mol. The number of halogens is 2. The molecule has 0 bridgehead atoms. The van der Waals surface area contributed by atoms with Crippen molar-refractivity contribution >= 4 is 37.8 Å². The molecule has 1 aromatic carbocycles. The summed E-state index contributed by atoms with van der Waals surface area (Å²) in [6.07, 6.45) is 3.68. The summed E-state index contributed by atoms with van der Waals surface area (Å²) in [5.41, 5.74) is 2.31. The summed E-state index contributed by atoms with van der Waals surface area (Å²) in [7, 11) is 1.99. The predicted molar refractivity (Wildman–Crippen MR) is 80.9 cm³/mol. The molecule has 0 aliphatic heterocycles. The third kappa shape index (κ3) is 3.53. The normalized spacial score (nSPS) is 10.4. The molecule has 2 rings (SSSR count). The van der Waals surface area contributed by atoms with E-state index in [4.69, 9.17) is 0 Å². The first-order valence-electron chi connectivity index (χ1n) is 5.51. The van der Waals surface area contributed by atoms with E-state index in [-0.39, 0.29) is 0 Å². The van der Waals surface area contributed by atoms with Gasteiger partial charge in [-0.25, -0.2) is 9.97 Å². The van der Waals surface area contributed by atoms with Gasteiger partial charge in [0, 0.05) is 35.8 Å². The number of aromatic nitrogens is 2. The maximum absolute atomic E-state index is 4.34. The molecule has 0 saturated carbocycles. The lowest BCUT2D eigenvalue weighted by molar-refractivity contribution is 0.863. The van der Waals surface area contributed by atoms with E-state index in [1.165, 1.54) is 5.56 Å². The summed E-state index contributed by atoms with van der Waals surface area (Å²) in [5, 5.41) is 0.781. The first-order valence-corrected chi connectivity index (χ1v) is 7.43. The minimum atomic E-state index is 0.739. The van der Waals surface area contributed by atoms with E-state index >= 15 is 0 Å². The summed E-state index contributed by atoms with van der Waals surface area (Å²) >= 11 is 6.81. The monoisotopic (exact) mass is 369 g/mol. The molecule has 18 heavy (non-hydrogen) atoms. The summed E-state index contributed by atoms with van der Waals surface area (Å²) < 4.78 is 1.09. The third-order valence-corrected chi connectivity index (χ3v) is 3.70. The van der Waals surface area contributed by atoms with Gasteiger partial charge in [0.15, 0.2) is 0 Å². The van der Waals surface area contributed by atoms with E-state index < -0.39 is 0 Å². The second kappa shape index (κ2) is 6.29. The second-order valence-corrected chi connectivity index (χ2v) is 5.48. The smallest absolute Gasteiger partial charge is 0.225 e. The minimum Gasteiger partial charge on any atom is -0.340 e. The fourth-order valence-corrected chi connectivity index (χ4v) is 2.10. The van der Waals surface area contributed by atoms with Crippen LogP contribution in [0.1, 0.15) is 11.1 Å². The number of anilines is 1. The van der Waals surface area contributed by atoms with E-state index in [1.807, 2.05) is 36.5 Å². The first-order chi connectivity index (χ1) is 8.69. The van der Waals surface area contributed by atoms with Crippen LogP contribution in [0.25, 0.3) is 0 Å². The van der Waals surface area contributed by atoms with Gasteiger partial charge in [-0.05, 0) is 23.3 Å². The molecule has 2 aromatic rings. The highest BCUT2D eigenvalue weighted by atomic mass is 79.9. The minimum absolute atomic E-state index is 0.739. The maximum atomic E-state index is 4.34. The summed E-state index contributed by atoms with van der Waals surface area (Å²) in [5.74, 6) is 0.739. The van der Waals surface area contributed by atoms with Crippen LogP contribution in [0.4, 0.5) is 5.95 Å². The summed E-state index contributed by atoms with van der Waals surface area (Å²) in [6.45, 7) is 0.793. The van der Waals surface area contributed by atoms with Gasteiger partial charge in [0.1, 0.15) is 0 Å². The first kappa shape index (κ1) is 13.5. The van der Waals surface area contributed by atoms with Crippen LogP contribution in [0.3, 0.4) is 0 Å². The van der Waals surface area contributed by atoms with Crippen molar-refractivity contribution in [2.75, 3.05) is 11.9 Å². The van der Waals surface area contributed by atoms with Gasteiger partial charge >= 0.3 is 0 Å². The van der Waals surface area contributed by atoms with Gasteiger partial charge in [-0.2, -0.15) is 0 Å². The van der Waals surface area contributed by atoms with E-state index in [1.54, 1.807) is 0 Å². The molecule has 1 heterocycles. The van der Waals surface area contributed by atoms with Gasteiger partial charge in [0.25, 0.3) is 0 Å². The quantitative estimate of drug-likeness (QED) is 0.767. The number of rotatable bonds is 4. The molecule has 94 valence electrons. The Hall–Kier alpha value is -0.940. The maximum Gasteiger partial charge on any atom is 0.225 e. The van der Waals surface area contributed by atoms with Crippen molar-refractivity contribution < 1.29 is 0 Å². The van der Waals surface area contributed by atoms with Crippen molar-refractivity contribution in [2.24, 2.45) is 0 Å². The molecule has 0 spiro atoms. The van der Waals surface area contributed by atoms with Gasteiger partial charge in [0.05, 0.1) is 0 Å². The Balaban J connectivity index is 2.06. The van der Waals surface area contributed by atoms with E-state index in [0.29, 0.717) is 0 Å². The standard InChI is InChI=1S/C13H13Br2N3/c1-18(9-10-2-4-12(15)5-3-10)13-16-7-11(6-14)8-17-13/h2-5,7-8H,6,9H2,1H3. The molecule has 0 fully saturated rings. The topological polar surface area (TPSA) is 29.0 Å². The van der Waals surface area contributed by atoms with Crippen molar-refractivity contribution in [1.82, 2.24) is 9.97 Å². The average Bonchev–Trinajstić information content (AvgIpc) is 2.41. The van der Waals surface area contributed by atoms with Crippen molar-refractivity contribution in [1.29, 1.82) is 0 Å². The van der Waals surface area contributed by atoms with Gasteiger partial charge in [-0.1, -0.05) is 44.0 Å². The highest BCUT2D eigenvalue weighted by Gasteiger charge is 2.05. The van der Waals surface area contributed by atoms with Crippen molar-refractivity contribution in [2.45, 2.75) is 11.9 Å². The summed E-state index contributed by atoms with van der Waals surface area (Å²) in [6, 6.07) is 8.26. The van der Waals surface area contributed by atoms with Crippen LogP contribution in [0.2, 0.25) is 0 Å². The molecular formula is C13H13Br2N3. The van der Waals surface area contributed by atoms with Crippen LogP contribution in [-0.2, 0) is 11.9 Å². The number of hydrogen-bond acceptors (Lipinski definition) is 3. The second-order valence-electron chi connectivity index (χ2n) is 4.01. The van der Waals surface area contributed by atoms with Crippen LogP contribution in [0.5, 0.6) is 0 Å². The largest absolute Gasteiger partial charge is 0.340 e. The molecule has 0 N–H and O–H groups in total. The van der Waals surface area contributed by atoms with Crippen LogP contribution in [0, 0.1) is 0 Å². The number of benzene rings is 1. The zero-order valence-electron chi connectivity index (χ0n) is 9.98. The lowest BCUT2D eigenvalue weighted by Gasteiger charge is -2.17. The number of alkyl halides is 1. The molecule has 0 radical (unpaired) electrons. The fraction of sp³-hybridized carbons (Fsp3) is 0.231. The molecule has 3 nitrogen and oxygen atoms in total. The van der Waals surface area contributed by atoms with E-state index in [9.17, 15) is 0 Å². The van der Waals surface area contributed by atoms with Gasteiger partial charge in [-0.3, -0.25) is 0 Å². The zero-order chi connectivity index (χ0) is 13.0. The molecule has 0 unspecified atom stereocenters. The Morgan fingerprint density at radius 3 is 2.22 bits per heavy atom. The summed E-state index contributed by atoms with van der Waals surface area (Å²) in [4.78, 5) is 10.7. The molecule has 5 heteroatoms. The Bertz CT molecular complexity index is 497. The third-order valence-electron chi connectivity index (χ3n) is 2.52. The zero-order valence-corrected chi connectivity index (χ0v) is 13.1. The van der Waals surface area contributed by atoms with Crippen molar-refractivity contribution in [3.63, 3.8) is 0 Å². The number of hydrogen-bond donors (Lipinski definition) is 0. The van der Waals surface area contributed by atoms with Crippen LogP contribution >= 0.6 is 31.9 Å². The van der Waals surface area contributed by atoms with Crippen molar-refractivity contribution in [3.8, 4) is 0 Å². The Morgan fingerprint density at radius 1 is 1.06 bits per heavy atom. The predicted octanol–water partition coefficient (Wildman–Crippen LogP) is 3.77. The Kier molecular flexibility index (Phi) is 4.72. The Morgan fingerprint density at radius 2 is 1.67 bits per heavy atom. The van der Waals surface area contributed by atoms with Crippen LogP contribution < -0.4 is 4.90 Å². The lowest BCUT2D eigenvalue weighted by atomic mass is 10.2. The highest BCUT2D eigenvalue weighted by molar-refractivity contribution is 9.10. The van der Waals surface area contributed by atoms with E-state index in [2.05, 4.69) is 54.0 Å². The van der Waals surface area contributed by atoms with Gasteiger partial charge < -0.3 is 4.90 Å². The lowest BCUT2D eigenvalue weighted by Crippen LogP contribution is -2.19. The molecule has 0 aliphatic carbocycles. The van der Waals surface area contributed by atoms with Crippen LogP contribution in [-0.4, -0.2) is 17.0 Å². The average molecular weight is 371 g/mol. The molecule has 1 aromatic heterocycles. The molecule has 0 atom stereocenters. The molecule has 0 aliphatic rings. The molecule has 0 saturated heterocycles. The van der Waals surface area contributed by atoms with Gasteiger partial charge in [-0.15, -0.1) is 0 Å². The number of nitrogens with zero attached hydrogens (tertiary/aromatic N) is 3. The Labute approximate surface area is 124 Å². The van der Waals surface area contributed by atoms with E-state index in [0.717, 1.165) is 27.9 Å². The fourth-order valence-electron chi connectivity index (χ4n) is 1.55. The van der Waals surface area contributed by atoms with Gasteiger partial charge in [0.2, 0.25) is 5.95 Å². The van der Waals surface area contributed by atoms with Crippen molar-refractivity contribution in [3.05, 3.63) is 52.3 Å². The van der Waals surface area contributed by atoms with Crippen LogP contribution in [0.15, 0.2) is 41.1 Å². The highest BCUT2D eigenvalue weighted by Crippen LogP contribution is 2.14. The molecule has 0 amide bonds.